The number of methoxy groups -OCH3 is 1. The van der Waals surface area contributed by atoms with E-state index < -0.39 is 21.8 Å². The lowest BCUT2D eigenvalue weighted by Gasteiger charge is -2.16. The van der Waals surface area contributed by atoms with Crippen molar-refractivity contribution in [3.8, 4) is 5.75 Å². The number of para-hydroxylation sites is 1. The standard InChI is InChI=1S/C17H18N2O5S3/c1-24-13-5-3-2-4-11(13)8-14-16(21)19(17(25)26-14)9-15(20)18-12-6-7-27(22,23)10-12/h2-5,8,12H,6-7,9-10H2,1H3,(H,18,20). The SMILES string of the molecule is COc1ccccc1C=C1SC(=S)N(CC(=O)NC2CCS(=O)(=O)C2)C1=O. The molecule has 2 heterocycles. The van der Waals surface area contributed by atoms with E-state index >= 15 is 0 Å². The number of sulfone groups is 1. The van der Waals surface area contributed by atoms with Gasteiger partial charge in [-0.3, -0.25) is 14.5 Å². The van der Waals surface area contributed by atoms with Crippen molar-refractivity contribution in [3.05, 3.63) is 34.7 Å². The minimum Gasteiger partial charge on any atom is -0.496 e. The van der Waals surface area contributed by atoms with Gasteiger partial charge in [0.1, 0.15) is 16.6 Å². The van der Waals surface area contributed by atoms with Gasteiger partial charge >= 0.3 is 0 Å². The highest BCUT2D eigenvalue weighted by Gasteiger charge is 2.35. The number of hydrogen-bond acceptors (Lipinski definition) is 7. The van der Waals surface area contributed by atoms with Crippen LogP contribution in [0.1, 0.15) is 12.0 Å². The van der Waals surface area contributed by atoms with Crippen molar-refractivity contribution in [1.29, 1.82) is 0 Å². The first kappa shape index (κ1) is 19.8. The fourth-order valence-corrected chi connectivity index (χ4v) is 5.81. The molecular formula is C17H18N2O5S3. The van der Waals surface area contributed by atoms with E-state index in [0.717, 1.165) is 17.3 Å². The van der Waals surface area contributed by atoms with Crippen LogP contribution in [0.5, 0.6) is 5.75 Å². The molecule has 7 nitrogen and oxygen atoms in total. The molecule has 1 atom stereocenters. The van der Waals surface area contributed by atoms with Crippen molar-refractivity contribution in [1.82, 2.24) is 10.2 Å². The van der Waals surface area contributed by atoms with Crippen LogP contribution in [0.2, 0.25) is 0 Å². The van der Waals surface area contributed by atoms with Gasteiger partial charge in [-0.05, 0) is 18.6 Å². The van der Waals surface area contributed by atoms with Gasteiger partial charge in [-0.2, -0.15) is 0 Å². The van der Waals surface area contributed by atoms with E-state index in [1.807, 2.05) is 18.2 Å². The average Bonchev–Trinajstić information content (AvgIpc) is 3.08. The summed E-state index contributed by atoms with van der Waals surface area (Å²) in [5.74, 6) is -0.147. The van der Waals surface area contributed by atoms with E-state index in [1.54, 1.807) is 19.3 Å². The van der Waals surface area contributed by atoms with Gasteiger partial charge in [-0.15, -0.1) is 0 Å². The molecule has 0 spiro atoms. The minimum atomic E-state index is -3.09. The molecule has 0 aliphatic carbocycles. The van der Waals surface area contributed by atoms with Gasteiger partial charge in [0.2, 0.25) is 5.91 Å². The number of benzene rings is 1. The van der Waals surface area contributed by atoms with Crippen LogP contribution in [-0.4, -0.2) is 60.7 Å². The molecule has 2 aliphatic rings. The summed E-state index contributed by atoms with van der Waals surface area (Å²) in [6.45, 7) is -0.232. The van der Waals surface area contributed by atoms with Crippen LogP contribution < -0.4 is 10.1 Å². The Kier molecular flexibility index (Phi) is 5.87. The monoisotopic (exact) mass is 426 g/mol. The minimum absolute atomic E-state index is 0.0646. The number of thioether (sulfide) groups is 1. The van der Waals surface area contributed by atoms with E-state index in [2.05, 4.69) is 5.32 Å². The zero-order valence-corrected chi connectivity index (χ0v) is 17.0. The highest BCUT2D eigenvalue weighted by molar-refractivity contribution is 8.26. The number of nitrogens with zero attached hydrogens (tertiary/aromatic N) is 1. The van der Waals surface area contributed by atoms with Crippen LogP contribution in [-0.2, 0) is 19.4 Å². The second kappa shape index (κ2) is 7.99. The zero-order chi connectivity index (χ0) is 19.6. The Labute approximate surface area is 167 Å². The Bertz CT molecular complexity index is 926. The zero-order valence-electron chi connectivity index (χ0n) is 14.5. The molecule has 10 heteroatoms. The molecule has 0 aromatic heterocycles. The average molecular weight is 427 g/mol. The van der Waals surface area contributed by atoms with Gasteiger partial charge in [-0.1, -0.05) is 42.2 Å². The van der Waals surface area contributed by atoms with Crippen molar-refractivity contribution in [3.63, 3.8) is 0 Å². The fourth-order valence-electron chi connectivity index (χ4n) is 2.89. The number of amides is 2. The number of nitrogens with one attached hydrogen (secondary N) is 1. The van der Waals surface area contributed by atoms with E-state index in [4.69, 9.17) is 17.0 Å². The largest absolute Gasteiger partial charge is 0.496 e. The summed E-state index contributed by atoms with van der Waals surface area (Å²) in [6, 6.07) is 6.85. The number of carbonyl (C=O) groups is 2. The van der Waals surface area contributed by atoms with Gasteiger partial charge in [0, 0.05) is 11.6 Å². The first-order valence-corrected chi connectivity index (χ1v) is 11.2. The second-order valence-electron chi connectivity index (χ2n) is 6.18. The molecule has 1 aromatic carbocycles. The maximum absolute atomic E-state index is 12.6. The molecular weight excluding hydrogens is 408 g/mol. The van der Waals surface area contributed by atoms with Crippen LogP contribution >= 0.6 is 24.0 Å². The summed E-state index contributed by atoms with van der Waals surface area (Å²) in [5, 5.41) is 2.66. The van der Waals surface area contributed by atoms with Crippen LogP contribution in [0.4, 0.5) is 0 Å². The van der Waals surface area contributed by atoms with Gasteiger partial charge in [0.05, 0.1) is 23.5 Å². The quantitative estimate of drug-likeness (QED) is 0.559. The lowest BCUT2D eigenvalue weighted by molar-refractivity contribution is -0.129. The fraction of sp³-hybridized carbons (Fsp3) is 0.353. The molecule has 144 valence electrons. The highest BCUT2D eigenvalue weighted by Crippen LogP contribution is 2.34. The molecule has 2 aliphatic heterocycles. The van der Waals surface area contributed by atoms with Crippen LogP contribution in [0.25, 0.3) is 6.08 Å². The van der Waals surface area contributed by atoms with E-state index in [-0.39, 0.29) is 28.3 Å². The molecule has 2 fully saturated rings. The maximum atomic E-state index is 12.6. The van der Waals surface area contributed by atoms with Crippen LogP contribution in [0.3, 0.4) is 0 Å². The normalized spacial score (nSPS) is 23.1. The third kappa shape index (κ3) is 4.69. The van der Waals surface area contributed by atoms with Gasteiger partial charge in [0.15, 0.2) is 9.84 Å². The van der Waals surface area contributed by atoms with Crippen molar-refractivity contribution >= 4 is 56.0 Å². The topological polar surface area (TPSA) is 92.8 Å². The maximum Gasteiger partial charge on any atom is 0.266 e. The van der Waals surface area contributed by atoms with E-state index in [0.29, 0.717) is 17.1 Å². The number of thiocarbonyl (C=S) groups is 1. The molecule has 1 aromatic rings. The van der Waals surface area contributed by atoms with E-state index in [1.165, 1.54) is 4.90 Å². The third-order valence-electron chi connectivity index (χ3n) is 4.20. The number of ether oxygens (including phenoxy) is 1. The number of rotatable bonds is 5. The van der Waals surface area contributed by atoms with Crippen molar-refractivity contribution in [2.75, 3.05) is 25.2 Å². The first-order chi connectivity index (χ1) is 12.8. The summed E-state index contributed by atoms with van der Waals surface area (Å²) in [7, 11) is -1.54. The van der Waals surface area contributed by atoms with Crippen molar-refractivity contribution in [2.45, 2.75) is 12.5 Å². The summed E-state index contributed by atoms with van der Waals surface area (Å²) in [6.07, 6.45) is 2.07. The molecule has 1 N–H and O–H groups in total. The van der Waals surface area contributed by atoms with E-state index in [9.17, 15) is 18.0 Å². The summed E-state index contributed by atoms with van der Waals surface area (Å²) < 4.78 is 28.5. The molecule has 2 saturated heterocycles. The summed E-state index contributed by atoms with van der Waals surface area (Å²) >= 11 is 6.35. The van der Waals surface area contributed by atoms with Gasteiger partial charge in [0.25, 0.3) is 5.91 Å². The van der Waals surface area contributed by atoms with Gasteiger partial charge in [-0.25, -0.2) is 8.42 Å². The molecule has 3 rings (SSSR count). The predicted octanol–water partition coefficient (Wildman–Crippen LogP) is 1.20. The molecule has 1 unspecified atom stereocenters. The predicted molar refractivity (Wildman–Crippen MR) is 108 cm³/mol. The lowest BCUT2D eigenvalue weighted by atomic mass is 10.2. The van der Waals surface area contributed by atoms with Gasteiger partial charge < -0.3 is 10.1 Å². The lowest BCUT2D eigenvalue weighted by Crippen LogP contribution is -2.43. The van der Waals surface area contributed by atoms with Crippen LogP contribution in [0, 0.1) is 0 Å². The highest BCUT2D eigenvalue weighted by atomic mass is 32.2. The summed E-state index contributed by atoms with van der Waals surface area (Å²) in [4.78, 5) is 26.5. The van der Waals surface area contributed by atoms with Crippen molar-refractivity contribution < 1.29 is 22.7 Å². The van der Waals surface area contributed by atoms with Crippen LogP contribution in [0.15, 0.2) is 29.2 Å². The van der Waals surface area contributed by atoms with Crippen molar-refractivity contribution in [2.24, 2.45) is 0 Å². The number of carbonyl (C=O) groups excluding carboxylic acids is 2. The Hall–Kier alpha value is -1.91. The molecule has 0 saturated carbocycles. The Balaban J connectivity index is 1.67. The molecule has 0 bridgehead atoms. The second-order valence-corrected chi connectivity index (χ2v) is 10.1. The first-order valence-electron chi connectivity index (χ1n) is 8.17. The molecule has 0 radical (unpaired) electrons. The Morgan fingerprint density at radius 1 is 1.44 bits per heavy atom. The molecule has 2 amide bonds. The Morgan fingerprint density at radius 2 is 2.19 bits per heavy atom. The molecule has 27 heavy (non-hydrogen) atoms. The Morgan fingerprint density at radius 3 is 2.85 bits per heavy atom. The number of hydrogen-bond donors (Lipinski definition) is 1. The summed E-state index contributed by atoms with van der Waals surface area (Å²) in [5.41, 5.74) is 0.737. The smallest absolute Gasteiger partial charge is 0.266 e. The third-order valence-corrected chi connectivity index (χ3v) is 7.34.